The zero-order valence-corrected chi connectivity index (χ0v) is 15.5. The summed E-state index contributed by atoms with van der Waals surface area (Å²) in [6.07, 6.45) is 0. The summed E-state index contributed by atoms with van der Waals surface area (Å²) < 4.78 is 31.8. The van der Waals surface area contributed by atoms with Gasteiger partial charge >= 0.3 is 7.12 Å². The fraction of sp³-hybridized carbons (Fsp3) is 0.611. The second kappa shape index (κ2) is 6.38. The van der Waals surface area contributed by atoms with Crippen molar-refractivity contribution in [2.24, 2.45) is 0 Å². The van der Waals surface area contributed by atoms with E-state index >= 15 is 0 Å². The predicted octanol–water partition coefficient (Wildman–Crippen LogP) is 1.91. The number of benzene rings is 1. The molecule has 2 aliphatic rings. The molecule has 0 saturated carbocycles. The van der Waals surface area contributed by atoms with E-state index in [2.05, 4.69) is 0 Å². The molecule has 1 aromatic carbocycles. The van der Waals surface area contributed by atoms with Crippen molar-refractivity contribution < 1.29 is 23.2 Å². The van der Waals surface area contributed by atoms with Gasteiger partial charge in [-0.25, -0.2) is 4.39 Å². The first-order valence-corrected chi connectivity index (χ1v) is 8.65. The van der Waals surface area contributed by atoms with E-state index in [1.54, 1.807) is 17.9 Å². The molecular formula is C18H25BFNO4. The first-order valence-electron chi connectivity index (χ1n) is 8.65. The van der Waals surface area contributed by atoms with Crippen LogP contribution in [-0.2, 0) is 14.0 Å². The summed E-state index contributed by atoms with van der Waals surface area (Å²) in [5, 5.41) is 0. The number of halogens is 1. The number of hydrogen-bond donors (Lipinski definition) is 0. The van der Waals surface area contributed by atoms with Gasteiger partial charge in [-0.1, -0.05) is 0 Å². The van der Waals surface area contributed by atoms with Gasteiger partial charge in [-0.15, -0.1) is 0 Å². The van der Waals surface area contributed by atoms with Crippen LogP contribution in [0.5, 0.6) is 0 Å². The van der Waals surface area contributed by atoms with Gasteiger partial charge in [0.2, 0.25) is 0 Å². The van der Waals surface area contributed by atoms with Gasteiger partial charge in [0, 0.05) is 13.1 Å². The average Bonchev–Trinajstić information content (AvgIpc) is 2.75. The van der Waals surface area contributed by atoms with Crippen molar-refractivity contribution in [3.05, 3.63) is 29.1 Å². The minimum Gasteiger partial charge on any atom is -0.399 e. The lowest BCUT2D eigenvalue weighted by atomic mass is 9.75. The molecule has 0 aliphatic carbocycles. The Morgan fingerprint density at radius 2 is 1.68 bits per heavy atom. The largest absolute Gasteiger partial charge is 0.495 e. The molecule has 1 aromatic rings. The molecule has 0 aromatic heterocycles. The number of ether oxygens (including phenoxy) is 1. The van der Waals surface area contributed by atoms with Gasteiger partial charge in [-0.2, -0.15) is 0 Å². The van der Waals surface area contributed by atoms with E-state index in [1.807, 2.05) is 27.7 Å². The maximum Gasteiger partial charge on any atom is 0.495 e. The minimum atomic E-state index is -0.623. The van der Waals surface area contributed by atoms with E-state index in [0.29, 0.717) is 37.3 Å². The van der Waals surface area contributed by atoms with Gasteiger partial charge in [0.1, 0.15) is 5.82 Å². The standard InChI is InChI=1S/C18H25BFNO4/c1-12-10-15(20)13(16(22)21-6-8-23-9-7-21)11-14(12)19-24-17(2,3)18(4,5)25-19/h10-11H,6-9H2,1-5H3. The third kappa shape index (κ3) is 3.33. The summed E-state index contributed by atoms with van der Waals surface area (Å²) in [5.74, 6) is -0.840. The minimum absolute atomic E-state index is 0.0530. The Balaban J connectivity index is 1.93. The SMILES string of the molecule is Cc1cc(F)c(C(=O)N2CCOCC2)cc1B1OC(C)(C)C(C)(C)O1. The first-order chi connectivity index (χ1) is 11.6. The van der Waals surface area contributed by atoms with Crippen LogP contribution in [0.1, 0.15) is 43.6 Å². The number of carbonyl (C=O) groups is 1. The highest BCUT2D eigenvalue weighted by atomic mass is 19.1. The number of amides is 1. The molecule has 2 saturated heterocycles. The monoisotopic (exact) mass is 349 g/mol. The van der Waals surface area contributed by atoms with Crippen LogP contribution in [0, 0.1) is 12.7 Å². The third-order valence-electron chi connectivity index (χ3n) is 5.39. The second-order valence-electron chi connectivity index (χ2n) is 7.68. The number of morpholine rings is 1. The van der Waals surface area contributed by atoms with E-state index in [-0.39, 0.29) is 11.5 Å². The van der Waals surface area contributed by atoms with Gasteiger partial charge in [0.05, 0.1) is 30.0 Å². The predicted molar refractivity (Wildman–Crippen MR) is 93.6 cm³/mol. The molecule has 2 fully saturated rings. The number of hydrogen-bond acceptors (Lipinski definition) is 4. The Labute approximate surface area is 148 Å². The van der Waals surface area contributed by atoms with E-state index < -0.39 is 24.1 Å². The molecule has 2 heterocycles. The Morgan fingerprint density at radius 1 is 1.12 bits per heavy atom. The highest BCUT2D eigenvalue weighted by Gasteiger charge is 2.52. The molecule has 0 atom stereocenters. The van der Waals surface area contributed by atoms with Crippen LogP contribution in [0.2, 0.25) is 0 Å². The highest BCUT2D eigenvalue weighted by molar-refractivity contribution is 6.62. The molecule has 3 rings (SSSR count). The second-order valence-corrected chi connectivity index (χ2v) is 7.68. The van der Waals surface area contributed by atoms with Gasteiger partial charge in [-0.3, -0.25) is 4.79 Å². The van der Waals surface area contributed by atoms with Crippen LogP contribution in [0.4, 0.5) is 4.39 Å². The van der Waals surface area contributed by atoms with Crippen molar-refractivity contribution in [1.29, 1.82) is 0 Å². The van der Waals surface area contributed by atoms with Crippen molar-refractivity contribution in [2.75, 3.05) is 26.3 Å². The van der Waals surface area contributed by atoms with Crippen molar-refractivity contribution in [2.45, 2.75) is 45.8 Å². The number of nitrogens with zero attached hydrogens (tertiary/aromatic N) is 1. The summed E-state index contributed by atoms with van der Waals surface area (Å²) >= 11 is 0. The summed E-state index contributed by atoms with van der Waals surface area (Å²) in [6, 6.07) is 2.96. The molecular weight excluding hydrogens is 324 g/mol. The van der Waals surface area contributed by atoms with Crippen molar-refractivity contribution in [1.82, 2.24) is 4.90 Å². The number of aryl methyl sites for hydroxylation is 1. The van der Waals surface area contributed by atoms with Crippen molar-refractivity contribution in [3.63, 3.8) is 0 Å². The quantitative estimate of drug-likeness (QED) is 0.766. The lowest BCUT2D eigenvalue weighted by molar-refractivity contribution is 0.00578. The van der Waals surface area contributed by atoms with E-state index in [1.165, 1.54) is 6.07 Å². The van der Waals surface area contributed by atoms with E-state index in [4.69, 9.17) is 14.0 Å². The summed E-state index contributed by atoms with van der Waals surface area (Å²) in [5.41, 5.74) is 0.461. The van der Waals surface area contributed by atoms with Crippen molar-refractivity contribution in [3.8, 4) is 0 Å². The Bertz CT molecular complexity index is 670. The normalized spacial score (nSPS) is 22.3. The zero-order valence-electron chi connectivity index (χ0n) is 15.5. The molecule has 7 heteroatoms. The van der Waals surface area contributed by atoms with E-state index in [9.17, 15) is 9.18 Å². The van der Waals surface area contributed by atoms with Gasteiger partial charge in [0.25, 0.3) is 5.91 Å². The molecule has 0 N–H and O–H groups in total. The average molecular weight is 349 g/mol. The number of rotatable bonds is 2. The molecule has 0 unspecified atom stereocenters. The maximum absolute atomic E-state index is 14.5. The molecule has 2 aliphatic heterocycles. The van der Waals surface area contributed by atoms with Crippen LogP contribution < -0.4 is 5.46 Å². The molecule has 0 radical (unpaired) electrons. The Kier molecular flexibility index (Phi) is 4.68. The lowest BCUT2D eigenvalue weighted by Gasteiger charge is -2.32. The molecule has 5 nitrogen and oxygen atoms in total. The van der Waals surface area contributed by atoms with E-state index in [0.717, 1.165) is 0 Å². The highest BCUT2D eigenvalue weighted by Crippen LogP contribution is 2.36. The third-order valence-corrected chi connectivity index (χ3v) is 5.39. The van der Waals surface area contributed by atoms with Crippen LogP contribution in [0.15, 0.2) is 12.1 Å². The Morgan fingerprint density at radius 3 is 2.24 bits per heavy atom. The molecule has 136 valence electrons. The number of carbonyl (C=O) groups excluding carboxylic acids is 1. The Hall–Kier alpha value is -1.44. The fourth-order valence-electron chi connectivity index (χ4n) is 3.01. The topological polar surface area (TPSA) is 48.0 Å². The molecule has 25 heavy (non-hydrogen) atoms. The zero-order chi connectivity index (χ0) is 18.4. The lowest BCUT2D eigenvalue weighted by Crippen LogP contribution is -2.42. The van der Waals surface area contributed by atoms with Crippen LogP contribution in [0.3, 0.4) is 0 Å². The van der Waals surface area contributed by atoms with Crippen molar-refractivity contribution >= 4 is 18.5 Å². The van der Waals surface area contributed by atoms with Gasteiger partial charge in [-0.05, 0) is 57.8 Å². The summed E-state index contributed by atoms with van der Waals surface area (Å²) in [7, 11) is -0.623. The maximum atomic E-state index is 14.5. The van der Waals surface area contributed by atoms with Crippen LogP contribution in [0.25, 0.3) is 0 Å². The van der Waals surface area contributed by atoms with Crippen LogP contribution in [-0.4, -0.2) is 55.4 Å². The van der Waals surface area contributed by atoms with Gasteiger partial charge in [0.15, 0.2) is 0 Å². The molecule has 1 amide bonds. The summed E-state index contributed by atoms with van der Waals surface area (Å²) in [4.78, 5) is 14.3. The molecule has 0 spiro atoms. The van der Waals surface area contributed by atoms with Crippen LogP contribution >= 0.6 is 0 Å². The molecule has 0 bridgehead atoms. The summed E-state index contributed by atoms with van der Waals surface area (Å²) in [6.45, 7) is 11.5. The van der Waals surface area contributed by atoms with Gasteiger partial charge < -0.3 is 18.9 Å². The smallest absolute Gasteiger partial charge is 0.399 e. The fourth-order valence-corrected chi connectivity index (χ4v) is 3.01. The first kappa shape index (κ1) is 18.4.